The Hall–Kier alpha value is -0.370. The Morgan fingerprint density at radius 1 is 1.50 bits per heavy atom. The van der Waals surface area contributed by atoms with E-state index in [-0.39, 0.29) is 0 Å². The van der Waals surface area contributed by atoms with Gasteiger partial charge in [0.05, 0.1) is 5.41 Å². The van der Waals surface area contributed by atoms with Crippen molar-refractivity contribution in [2.75, 3.05) is 0 Å². The molecule has 0 rings (SSSR count). The zero-order valence-corrected chi connectivity index (χ0v) is 8.25. The number of halogens is 3. The molecule has 0 bridgehead atoms. The van der Waals surface area contributed by atoms with E-state index in [2.05, 4.69) is 6.58 Å². The molecule has 0 amide bonds. The molecular formula is C9H13ClF2. The van der Waals surface area contributed by atoms with E-state index in [0.717, 1.165) is 0 Å². The first-order chi connectivity index (χ1) is 5.25. The summed E-state index contributed by atoms with van der Waals surface area (Å²) in [5.41, 5.74) is -1.11. The van der Waals surface area contributed by atoms with Crippen molar-refractivity contribution in [1.82, 2.24) is 0 Å². The molecule has 0 aromatic rings. The smallest absolute Gasteiger partial charge is 0.187 e. The van der Waals surface area contributed by atoms with Crippen molar-refractivity contribution >= 4 is 11.6 Å². The van der Waals surface area contributed by atoms with Crippen LogP contribution in [-0.4, -0.2) is 5.38 Å². The van der Waals surface area contributed by atoms with Crippen LogP contribution in [0.2, 0.25) is 0 Å². The van der Waals surface area contributed by atoms with Crippen molar-refractivity contribution < 1.29 is 8.78 Å². The van der Waals surface area contributed by atoms with Crippen molar-refractivity contribution in [3.8, 4) is 0 Å². The first-order valence-corrected chi connectivity index (χ1v) is 4.00. The molecule has 1 atom stereocenters. The summed E-state index contributed by atoms with van der Waals surface area (Å²) in [4.78, 5) is 0. The molecule has 0 aliphatic carbocycles. The summed E-state index contributed by atoms with van der Waals surface area (Å²) in [6.07, 6.45) is 2.91. The Labute approximate surface area is 76.9 Å². The second-order valence-corrected chi connectivity index (χ2v) is 3.46. The minimum absolute atomic E-state index is 0.348. The van der Waals surface area contributed by atoms with E-state index in [1.54, 1.807) is 13.0 Å². The van der Waals surface area contributed by atoms with E-state index in [4.69, 9.17) is 11.6 Å². The van der Waals surface area contributed by atoms with Crippen LogP contribution < -0.4 is 0 Å². The van der Waals surface area contributed by atoms with Gasteiger partial charge in [-0.25, -0.2) is 0 Å². The van der Waals surface area contributed by atoms with Gasteiger partial charge in [-0.2, -0.15) is 8.78 Å². The van der Waals surface area contributed by atoms with Crippen LogP contribution in [0.1, 0.15) is 20.8 Å². The number of hydrogen-bond acceptors (Lipinski definition) is 0. The summed E-state index contributed by atoms with van der Waals surface area (Å²) in [6, 6.07) is 0. The summed E-state index contributed by atoms with van der Waals surface area (Å²) < 4.78 is 25.7. The van der Waals surface area contributed by atoms with Crippen LogP contribution in [0.25, 0.3) is 0 Å². The minimum Gasteiger partial charge on any atom is -0.187 e. The Balaban J connectivity index is 5.01. The third-order valence-electron chi connectivity index (χ3n) is 1.98. The van der Waals surface area contributed by atoms with Crippen molar-refractivity contribution in [2.24, 2.45) is 5.41 Å². The minimum atomic E-state index is -3.29. The average molecular weight is 195 g/mol. The highest BCUT2D eigenvalue weighted by Gasteiger charge is 2.47. The van der Waals surface area contributed by atoms with Crippen LogP contribution in [0.15, 0.2) is 24.3 Å². The van der Waals surface area contributed by atoms with Crippen LogP contribution >= 0.6 is 11.6 Å². The fourth-order valence-electron chi connectivity index (χ4n) is 0.812. The highest BCUT2D eigenvalue weighted by atomic mass is 35.5. The Bertz CT molecular complexity index is 203. The van der Waals surface area contributed by atoms with E-state index in [9.17, 15) is 8.78 Å². The molecule has 0 saturated heterocycles. The lowest BCUT2D eigenvalue weighted by molar-refractivity contribution is 0.0131. The zero-order chi connectivity index (χ0) is 9.99. The molecule has 0 aliphatic rings. The first kappa shape index (κ1) is 11.6. The quantitative estimate of drug-likeness (QED) is 0.471. The maximum atomic E-state index is 12.9. The summed E-state index contributed by atoms with van der Waals surface area (Å²) in [6.45, 7) is 8.07. The van der Waals surface area contributed by atoms with Gasteiger partial charge in [0.2, 0.25) is 0 Å². The lowest BCUT2D eigenvalue weighted by atomic mass is 9.83. The van der Waals surface area contributed by atoms with Gasteiger partial charge in [0.1, 0.15) is 0 Å². The van der Waals surface area contributed by atoms with Crippen molar-refractivity contribution in [2.45, 2.75) is 26.2 Å². The summed E-state index contributed by atoms with van der Waals surface area (Å²) in [7, 11) is 0. The highest BCUT2D eigenvalue weighted by molar-refractivity contribution is 6.22. The van der Waals surface area contributed by atoms with Gasteiger partial charge in [-0.05, 0) is 32.4 Å². The summed E-state index contributed by atoms with van der Waals surface area (Å²) in [5.74, 6) is 0. The van der Waals surface area contributed by atoms with E-state index >= 15 is 0 Å². The monoisotopic (exact) mass is 194 g/mol. The Kier molecular flexibility index (Phi) is 3.45. The van der Waals surface area contributed by atoms with Gasteiger partial charge in [-0.3, -0.25) is 0 Å². The van der Waals surface area contributed by atoms with Gasteiger partial charge in [0.15, 0.2) is 0 Å². The second-order valence-electron chi connectivity index (χ2n) is 2.98. The molecule has 0 spiro atoms. The SMILES string of the molecule is C=C(C)C(C)(C=CC)C(F)(F)Cl. The van der Waals surface area contributed by atoms with E-state index in [1.807, 2.05) is 0 Å². The maximum absolute atomic E-state index is 12.9. The van der Waals surface area contributed by atoms with Crippen LogP contribution in [0.4, 0.5) is 8.78 Å². The standard InChI is InChI=1S/C9H13ClF2/c1-5-6-8(4,7(2)3)9(10,11)12/h5-6H,2H2,1,3-4H3. The Morgan fingerprint density at radius 3 is 2.00 bits per heavy atom. The fraction of sp³-hybridized carbons (Fsp3) is 0.556. The van der Waals surface area contributed by atoms with Crippen molar-refractivity contribution in [3.63, 3.8) is 0 Å². The summed E-state index contributed by atoms with van der Waals surface area (Å²) >= 11 is 4.97. The molecule has 0 N–H and O–H groups in total. The maximum Gasteiger partial charge on any atom is 0.333 e. The molecule has 0 radical (unpaired) electrons. The molecule has 0 fully saturated rings. The normalized spacial score (nSPS) is 17.8. The lowest BCUT2D eigenvalue weighted by Gasteiger charge is -2.30. The first-order valence-electron chi connectivity index (χ1n) is 3.62. The summed E-state index contributed by atoms with van der Waals surface area (Å²) in [5, 5.41) is -3.29. The largest absolute Gasteiger partial charge is 0.333 e. The van der Waals surface area contributed by atoms with E-state index in [0.29, 0.717) is 5.57 Å². The molecule has 12 heavy (non-hydrogen) atoms. The van der Waals surface area contributed by atoms with Crippen LogP contribution in [0.3, 0.4) is 0 Å². The highest BCUT2D eigenvalue weighted by Crippen LogP contribution is 2.45. The molecule has 1 unspecified atom stereocenters. The fourth-order valence-corrected chi connectivity index (χ4v) is 1.04. The van der Waals surface area contributed by atoms with Gasteiger partial charge >= 0.3 is 5.38 Å². The molecule has 0 nitrogen and oxygen atoms in total. The van der Waals surface area contributed by atoms with Crippen LogP contribution in [0, 0.1) is 5.41 Å². The molecule has 0 heterocycles. The number of rotatable bonds is 3. The van der Waals surface area contributed by atoms with Gasteiger partial charge in [0, 0.05) is 0 Å². The molecule has 0 aromatic heterocycles. The van der Waals surface area contributed by atoms with Crippen molar-refractivity contribution in [3.05, 3.63) is 24.3 Å². The molecule has 70 valence electrons. The predicted octanol–water partition coefficient (Wildman–Crippen LogP) is 3.98. The lowest BCUT2D eigenvalue weighted by Crippen LogP contribution is -2.32. The van der Waals surface area contributed by atoms with E-state index in [1.165, 1.54) is 19.9 Å². The third-order valence-corrected chi connectivity index (χ3v) is 2.37. The Morgan fingerprint density at radius 2 is 1.92 bits per heavy atom. The van der Waals surface area contributed by atoms with Crippen molar-refractivity contribution in [1.29, 1.82) is 0 Å². The van der Waals surface area contributed by atoms with E-state index < -0.39 is 10.8 Å². The topological polar surface area (TPSA) is 0 Å². The predicted molar refractivity (Wildman–Crippen MR) is 48.5 cm³/mol. The molecule has 0 aliphatic heterocycles. The second kappa shape index (κ2) is 3.56. The molecular weight excluding hydrogens is 182 g/mol. The number of allylic oxidation sites excluding steroid dienone is 3. The third kappa shape index (κ3) is 2.07. The number of hydrogen-bond donors (Lipinski definition) is 0. The van der Waals surface area contributed by atoms with Gasteiger partial charge in [-0.1, -0.05) is 24.3 Å². The zero-order valence-electron chi connectivity index (χ0n) is 7.50. The average Bonchev–Trinajstić information content (AvgIpc) is 1.85. The van der Waals surface area contributed by atoms with Gasteiger partial charge in [0.25, 0.3) is 0 Å². The molecule has 3 heteroatoms. The van der Waals surface area contributed by atoms with Gasteiger partial charge < -0.3 is 0 Å². The molecule has 0 saturated carbocycles. The van der Waals surface area contributed by atoms with Gasteiger partial charge in [-0.15, -0.1) is 0 Å². The number of alkyl halides is 3. The molecule has 0 aromatic carbocycles. The van der Waals surface area contributed by atoms with Crippen LogP contribution in [-0.2, 0) is 0 Å². The van der Waals surface area contributed by atoms with Crippen LogP contribution in [0.5, 0.6) is 0 Å².